The number of methoxy groups -OCH3 is 2. The number of ether oxygens (including phenoxy) is 2. The zero-order valence-electron chi connectivity index (χ0n) is 41.0. The quantitative estimate of drug-likeness (QED) is 0.0627. The average molecular weight is 936 g/mol. The number of allylic oxidation sites excluding steroid dienone is 2. The van der Waals surface area contributed by atoms with Crippen LogP contribution >= 0.6 is 11.3 Å². The van der Waals surface area contributed by atoms with Crippen LogP contribution in [0.15, 0.2) is 102 Å². The second-order valence-corrected chi connectivity index (χ2v) is 20.9. The minimum absolute atomic E-state index is 0.0434. The highest BCUT2D eigenvalue weighted by Gasteiger charge is 2.44. The molecule has 2 aliphatic heterocycles. The number of aryl methyl sites for hydroxylation is 1. The Kier molecular flexibility index (Phi) is 15.2. The summed E-state index contributed by atoms with van der Waals surface area (Å²) in [6, 6.07) is 25.0. The third-order valence-corrected chi connectivity index (χ3v) is 16.0. The SMILES string of the molecule is C=C(CC(=O)C(C(C)C)C1CCC1C(=C)OC)C(CCCC)C1=Nc2cc(-c3cc(-c4ccccc4)c(-c4ccc5nc(C6CCCN6C(=O)C(NC(=O)OC)C(C)C)[nH]c5c4)s3)ccc2CC1. The maximum Gasteiger partial charge on any atom is 0.407 e. The lowest BCUT2D eigenvalue weighted by Crippen LogP contribution is -2.51. The van der Waals surface area contributed by atoms with E-state index in [1.807, 2.05) is 24.8 Å². The van der Waals surface area contributed by atoms with Crippen molar-refractivity contribution in [3.8, 4) is 32.0 Å². The molecule has 4 heterocycles. The minimum Gasteiger partial charge on any atom is -0.501 e. The number of hydrogen-bond acceptors (Lipinski definition) is 8. The molecule has 1 saturated carbocycles. The van der Waals surface area contributed by atoms with Gasteiger partial charge in [0.15, 0.2) is 0 Å². The number of nitrogens with one attached hydrogen (secondary N) is 2. The molecule has 358 valence electrons. The molecule has 1 aliphatic carbocycles. The fourth-order valence-electron chi connectivity index (χ4n) is 11.0. The van der Waals surface area contributed by atoms with E-state index in [0.717, 1.165) is 129 Å². The predicted molar refractivity (Wildman–Crippen MR) is 276 cm³/mol. The van der Waals surface area contributed by atoms with Gasteiger partial charge in [0.2, 0.25) is 5.91 Å². The normalized spacial score (nSPS) is 19.2. The molecule has 0 bridgehead atoms. The summed E-state index contributed by atoms with van der Waals surface area (Å²) in [5, 5.41) is 2.75. The summed E-state index contributed by atoms with van der Waals surface area (Å²) in [6.45, 7) is 19.8. The first-order valence-corrected chi connectivity index (χ1v) is 25.6. The lowest BCUT2D eigenvalue weighted by Gasteiger charge is -2.43. The maximum absolute atomic E-state index is 14.2. The number of thiophene rings is 1. The molecule has 6 atom stereocenters. The van der Waals surface area contributed by atoms with Gasteiger partial charge in [0.05, 0.1) is 42.7 Å². The van der Waals surface area contributed by atoms with Crippen LogP contribution in [0.5, 0.6) is 0 Å². The molecular formula is C57H69N5O5S. The Labute approximate surface area is 406 Å². The highest BCUT2D eigenvalue weighted by atomic mass is 32.1. The van der Waals surface area contributed by atoms with Gasteiger partial charge in [0, 0.05) is 51.7 Å². The van der Waals surface area contributed by atoms with Crippen molar-refractivity contribution >= 4 is 51.6 Å². The lowest BCUT2D eigenvalue weighted by atomic mass is 9.61. The number of likely N-dealkylation sites (tertiary alicyclic amines) is 1. The third kappa shape index (κ3) is 10.1. The van der Waals surface area contributed by atoms with Crippen LogP contribution < -0.4 is 5.32 Å². The molecule has 2 N–H and O–H groups in total. The number of alkyl carbamates (subject to hydrolysis) is 1. The number of aliphatic imine (C=N–C) groups is 1. The number of aromatic amines is 1. The number of unbranched alkanes of at least 4 members (excludes halogenated alkanes) is 1. The fraction of sp³-hybridized carbons (Fsp3) is 0.456. The maximum atomic E-state index is 14.2. The number of Topliss-reactive ketones (excluding diaryl/α,β-unsaturated/α-hetero) is 1. The van der Waals surface area contributed by atoms with Crippen LogP contribution in [0.4, 0.5) is 10.5 Å². The predicted octanol–water partition coefficient (Wildman–Crippen LogP) is 13.5. The van der Waals surface area contributed by atoms with Crippen LogP contribution in [0.3, 0.4) is 0 Å². The van der Waals surface area contributed by atoms with Gasteiger partial charge < -0.3 is 24.7 Å². The summed E-state index contributed by atoms with van der Waals surface area (Å²) in [6.07, 6.45) is 8.27. The standard InChI is InChI=1S/C57H69N5O5S/c1-10-11-18-41(35(6)29-50(63)52(33(2)3)43-25-24-42(43)36(7)66-8)45-26-22-38-20-21-39(30-47(38)58-45)51-32-44(37-16-13-12-14-17-37)54(68-51)40-23-27-46-48(31-40)60-55(59-46)49-19-15-28-62(49)56(64)53(34(4)5)61-57(65)67-9/h12-14,16-17,20-21,23,27,30-34,41-43,49,52-53H,6-7,10-11,15,18-19,22,24-26,28-29H2,1-5,8-9H3,(H,59,60)(H,61,65). The van der Waals surface area contributed by atoms with E-state index >= 15 is 0 Å². The van der Waals surface area contributed by atoms with E-state index in [4.69, 9.17) is 19.5 Å². The molecule has 2 fully saturated rings. The lowest BCUT2D eigenvalue weighted by molar-refractivity contribution is -0.135. The molecule has 8 rings (SSSR count). The summed E-state index contributed by atoms with van der Waals surface area (Å²) >= 11 is 1.77. The Morgan fingerprint density at radius 3 is 2.37 bits per heavy atom. The van der Waals surface area contributed by atoms with Crippen LogP contribution in [0, 0.1) is 35.5 Å². The third-order valence-electron chi connectivity index (χ3n) is 14.8. The molecule has 2 amide bonds. The molecular weight excluding hydrogens is 867 g/mol. The number of fused-ring (bicyclic) bond motifs is 2. The van der Waals surface area contributed by atoms with Crippen LogP contribution in [0.1, 0.15) is 110 Å². The second kappa shape index (κ2) is 21.2. The summed E-state index contributed by atoms with van der Waals surface area (Å²) in [7, 11) is 2.99. The van der Waals surface area contributed by atoms with E-state index in [2.05, 4.69) is 111 Å². The molecule has 68 heavy (non-hydrogen) atoms. The molecule has 11 heteroatoms. The summed E-state index contributed by atoms with van der Waals surface area (Å²) in [5.41, 5.74) is 10.6. The number of ketones is 1. The summed E-state index contributed by atoms with van der Waals surface area (Å²) in [5.74, 6) is 2.34. The monoisotopic (exact) mass is 936 g/mol. The van der Waals surface area contributed by atoms with Crippen molar-refractivity contribution in [1.82, 2.24) is 20.2 Å². The Morgan fingerprint density at radius 2 is 1.68 bits per heavy atom. The zero-order valence-corrected chi connectivity index (χ0v) is 41.8. The highest BCUT2D eigenvalue weighted by Crippen LogP contribution is 2.48. The molecule has 3 aromatic carbocycles. The Hall–Kier alpha value is -5.81. The molecule has 5 aromatic rings. The van der Waals surface area contributed by atoms with E-state index < -0.39 is 12.1 Å². The van der Waals surface area contributed by atoms with E-state index in [9.17, 15) is 14.4 Å². The number of aromatic nitrogens is 2. The topological polar surface area (TPSA) is 126 Å². The smallest absolute Gasteiger partial charge is 0.407 e. The number of H-pyrrole nitrogens is 1. The number of imidazole rings is 1. The van der Waals surface area contributed by atoms with Gasteiger partial charge in [-0.15, -0.1) is 11.3 Å². The van der Waals surface area contributed by atoms with Crippen molar-refractivity contribution in [1.29, 1.82) is 0 Å². The van der Waals surface area contributed by atoms with Crippen LogP contribution in [-0.4, -0.2) is 65.2 Å². The van der Waals surface area contributed by atoms with E-state index in [-0.39, 0.29) is 53.2 Å². The molecule has 10 nitrogen and oxygen atoms in total. The highest BCUT2D eigenvalue weighted by molar-refractivity contribution is 7.19. The molecule has 3 aliphatic rings. The van der Waals surface area contributed by atoms with Gasteiger partial charge in [0.1, 0.15) is 17.6 Å². The average Bonchev–Trinajstić information content (AvgIpc) is 4.11. The van der Waals surface area contributed by atoms with Crippen LogP contribution in [0.2, 0.25) is 0 Å². The molecule has 0 spiro atoms. The fourth-order valence-corrected chi connectivity index (χ4v) is 12.1. The largest absolute Gasteiger partial charge is 0.501 e. The van der Waals surface area contributed by atoms with Gasteiger partial charge >= 0.3 is 6.09 Å². The van der Waals surface area contributed by atoms with Crippen molar-refractivity contribution in [2.24, 2.45) is 40.5 Å². The van der Waals surface area contributed by atoms with Crippen molar-refractivity contribution < 1.29 is 23.9 Å². The number of benzene rings is 3. The number of hydrogen-bond donors (Lipinski definition) is 2. The van der Waals surface area contributed by atoms with Crippen molar-refractivity contribution in [2.45, 2.75) is 111 Å². The Morgan fingerprint density at radius 1 is 0.897 bits per heavy atom. The van der Waals surface area contributed by atoms with Gasteiger partial charge in [-0.1, -0.05) is 115 Å². The van der Waals surface area contributed by atoms with Crippen LogP contribution in [-0.2, 0) is 25.5 Å². The molecule has 6 unspecified atom stereocenters. The first kappa shape index (κ1) is 48.6. The number of carbonyl (C=O) groups is 3. The van der Waals surface area contributed by atoms with Crippen molar-refractivity contribution in [3.05, 3.63) is 109 Å². The van der Waals surface area contributed by atoms with Gasteiger partial charge in [-0.05, 0) is 109 Å². The van der Waals surface area contributed by atoms with Gasteiger partial charge in [-0.3, -0.25) is 14.6 Å². The van der Waals surface area contributed by atoms with E-state index in [0.29, 0.717) is 13.0 Å². The Bertz CT molecular complexity index is 2700. The van der Waals surface area contributed by atoms with Crippen LogP contribution in [0.25, 0.3) is 43.0 Å². The van der Waals surface area contributed by atoms with Crippen molar-refractivity contribution in [3.63, 3.8) is 0 Å². The first-order chi connectivity index (χ1) is 32.8. The van der Waals surface area contributed by atoms with E-state index in [1.54, 1.807) is 18.4 Å². The molecule has 0 radical (unpaired) electrons. The van der Waals surface area contributed by atoms with Gasteiger partial charge in [-0.25, -0.2) is 9.78 Å². The zero-order chi connectivity index (χ0) is 48.2. The van der Waals surface area contributed by atoms with Crippen molar-refractivity contribution in [2.75, 3.05) is 20.8 Å². The second-order valence-electron chi connectivity index (χ2n) is 19.9. The first-order valence-electron chi connectivity index (χ1n) is 24.8. The minimum atomic E-state index is -0.700. The Balaban J connectivity index is 1.07. The van der Waals surface area contributed by atoms with Gasteiger partial charge in [-0.2, -0.15) is 0 Å². The number of rotatable bonds is 19. The summed E-state index contributed by atoms with van der Waals surface area (Å²) < 4.78 is 10.4. The molecule has 1 saturated heterocycles. The number of nitrogens with zero attached hydrogens (tertiary/aromatic N) is 3. The summed E-state index contributed by atoms with van der Waals surface area (Å²) in [4.78, 5) is 58.4. The number of carbonyl (C=O) groups excluding carboxylic acids is 3. The van der Waals surface area contributed by atoms with Gasteiger partial charge in [0.25, 0.3) is 0 Å². The molecule has 2 aromatic heterocycles. The van der Waals surface area contributed by atoms with E-state index in [1.165, 1.54) is 12.7 Å². The number of amides is 2.